The van der Waals surface area contributed by atoms with Crippen molar-refractivity contribution < 1.29 is 13.3 Å². The summed E-state index contributed by atoms with van der Waals surface area (Å²) < 4.78 is 17.4. The van der Waals surface area contributed by atoms with Crippen molar-refractivity contribution >= 4 is 8.80 Å². The van der Waals surface area contributed by atoms with Gasteiger partial charge in [0.15, 0.2) is 0 Å². The number of hydrogen-bond acceptors (Lipinski definition) is 3. The Morgan fingerprint density at radius 3 is 1.80 bits per heavy atom. The molecule has 0 saturated carbocycles. The zero-order chi connectivity index (χ0) is 11.7. The van der Waals surface area contributed by atoms with Crippen molar-refractivity contribution in [2.75, 3.05) is 19.8 Å². The van der Waals surface area contributed by atoms with E-state index in [9.17, 15) is 0 Å². The lowest BCUT2D eigenvalue weighted by atomic mass is 10.2. The Morgan fingerprint density at radius 1 is 0.933 bits per heavy atom. The van der Waals surface area contributed by atoms with Crippen LogP contribution in [0.5, 0.6) is 0 Å². The molecule has 0 unspecified atom stereocenters. The molecule has 0 amide bonds. The minimum Gasteiger partial charge on any atom is -0.374 e. The van der Waals surface area contributed by atoms with Gasteiger partial charge in [0.1, 0.15) is 0 Å². The lowest BCUT2D eigenvalue weighted by Gasteiger charge is -2.29. The minimum atomic E-state index is -2.36. The maximum atomic E-state index is 5.91. The summed E-state index contributed by atoms with van der Waals surface area (Å²) in [6.07, 6.45) is 1.05. The number of rotatable bonds is 9. The van der Waals surface area contributed by atoms with E-state index in [4.69, 9.17) is 13.3 Å². The largest absolute Gasteiger partial charge is 0.500 e. The van der Waals surface area contributed by atoms with Crippen LogP contribution in [0.1, 0.15) is 41.0 Å². The van der Waals surface area contributed by atoms with Crippen molar-refractivity contribution in [2.45, 2.75) is 47.1 Å². The maximum Gasteiger partial charge on any atom is 0.500 e. The third kappa shape index (κ3) is 6.30. The Morgan fingerprint density at radius 2 is 1.47 bits per heavy atom. The van der Waals surface area contributed by atoms with Gasteiger partial charge in [0, 0.05) is 25.9 Å². The topological polar surface area (TPSA) is 27.7 Å². The van der Waals surface area contributed by atoms with E-state index in [0.717, 1.165) is 19.1 Å². The predicted octanol–water partition coefficient (Wildman–Crippen LogP) is 3.08. The second-order valence-electron chi connectivity index (χ2n) is 4.00. The Hall–Kier alpha value is 0.0969. The highest BCUT2D eigenvalue weighted by Crippen LogP contribution is 2.18. The summed E-state index contributed by atoms with van der Waals surface area (Å²) in [5.74, 6) is 0.523. The average Bonchev–Trinajstić information content (AvgIpc) is 2.16. The van der Waals surface area contributed by atoms with Gasteiger partial charge in [-0.3, -0.25) is 0 Å². The van der Waals surface area contributed by atoms with Gasteiger partial charge in [-0.25, -0.2) is 0 Å². The molecule has 0 bridgehead atoms. The van der Waals surface area contributed by atoms with Crippen LogP contribution in [0.4, 0.5) is 0 Å². The number of hydrogen-bond donors (Lipinski definition) is 0. The minimum absolute atomic E-state index is 0.523. The highest BCUT2D eigenvalue weighted by atomic mass is 28.4. The van der Waals surface area contributed by atoms with Gasteiger partial charge in [-0.05, 0) is 19.8 Å². The summed E-state index contributed by atoms with van der Waals surface area (Å²) in [6.45, 7) is 12.5. The molecule has 0 N–H and O–H groups in total. The molecule has 0 atom stereocenters. The summed E-state index contributed by atoms with van der Waals surface area (Å²) >= 11 is 0. The molecule has 0 aliphatic rings. The predicted molar refractivity (Wildman–Crippen MR) is 64.9 cm³/mol. The lowest BCUT2D eigenvalue weighted by Crippen LogP contribution is -2.46. The van der Waals surface area contributed by atoms with Gasteiger partial charge in [-0.1, -0.05) is 27.2 Å². The molecule has 0 fully saturated rings. The smallest absolute Gasteiger partial charge is 0.374 e. The molecule has 0 aromatic rings. The van der Waals surface area contributed by atoms with E-state index < -0.39 is 8.80 Å². The van der Waals surface area contributed by atoms with Gasteiger partial charge in [-0.2, -0.15) is 0 Å². The molecule has 0 aliphatic heterocycles. The van der Waals surface area contributed by atoms with E-state index >= 15 is 0 Å². The van der Waals surface area contributed by atoms with Crippen molar-refractivity contribution in [3.63, 3.8) is 0 Å². The first kappa shape index (κ1) is 15.1. The maximum absolute atomic E-state index is 5.91. The highest BCUT2D eigenvalue weighted by Gasteiger charge is 2.39. The molecule has 0 aromatic heterocycles. The van der Waals surface area contributed by atoms with Gasteiger partial charge in [0.25, 0.3) is 0 Å². The van der Waals surface area contributed by atoms with E-state index in [1.807, 2.05) is 13.8 Å². The van der Waals surface area contributed by atoms with Crippen molar-refractivity contribution in [1.82, 2.24) is 0 Å². The molecular formula is C11H26O3Si. The van der Waals surface area contributed by atoms with Crippen LogP contribution in [-0.4, -0.2) is 28.6 Å². The fourth-order valence-electron chi connectivity index (χ4n) is 1.38. The molecule has 0 spiro atoms. The Bertz CT molecular complexity index is 134. The van der Waals surface area contributed by atoms with E-state index in [0.29, 0.717) is 19.1 Å². The molecular weight excluding hydrogens is 208 g/mol. The first-order valence-electron chi connectivity index (χ1n) is 6.02. The standard InChI is InChI=1S/C11H26O3Si/c1-6-9-15(12-7-2,13-8-3)14-10-11(4)5/h11H,6-10H2,1-5H3. The normalized spacial score (nSPS) is 12.4. The van der Waals surface area contributed by atoms with Crippen molar-refractivity contribution in [1.29, 1.82) is 0 Å². The molecule has 4 heteroatoms. The van der Waals surface area contributed by atoms with Crippen molar-refractivity contribution in [3.8, 4) is 0 Å². The second-order valence-corrected chi connectivity index (χ2v) is 6.74. The molecule has 0 rings (SSSR count). The molecule has 0 aliphatic carbocycles. The first-order chi connectivity index (χ1) is 7.10. The summed E-state index contributed by atoms with van der Waals surface area (Å²) in [7, 11) is -2.36. The SMILES string of the molecule is CCC[Si](OCC)(OCC)OCC(C)C. The molecule has 3 nitrogen and oxygen atoms in total. The summed E-state index contributed by atoms with van der Waals surface area (Å²) in [5, 5.41) is 0. The molecule has 92 valence electrons. The Balaban J connectivity index is 4.31. The van der Waals surface area contributed by atoms with Crippen LogP contribution < -0.4 is 0 Å². The van der Waals surface area contributed by atoms with Crippen LogP contribution in [0.2, 0.25) is 6.04 Å². The zero-order valence-corrected chi connectivity index (χ0v) is 11.8. The summed E-state index contributed by atoms with van der Waals surface area (Å²) in [4.78, 5) is 0. The Kier molecular flexibility index (Phi) is 8.33. The monoisotopic (exact) mass is 234 g/mol. The van der Waals surface area contributed by atoms with Crippen LogP contribution in [0.15, 0.2) is 0 Å². The van der Waals surface area contributed by atoms with Crippen LogP contribution in [0.25, 0.3) is 0 Å². The van der Waals surface area contributed by atoms with Crippen LogP contribution in [0.3, 0.4) is 0 Å². The van der Waals surface area contributed by atoms with E-state index in [-0.39, 0.29) is 0 Å². The van der Waals surface area contributed by atoms with Crippen LogP contribution in [-0.2, 0) is 13.3 Å². The molecule has 0 radical (unpaired) electrons. The van der Waals surface area contributed by atoms with E-state index in [1.165, 1.54) is 0 Å². The lowest BCUT2D eigenvalue weighted by molar-refractivity contribution is 0.0582. The van der Waals surface area contributed by atoms with Crippen LogP contribution in [0, 0.1) is 5.92 Å². The molecule has 0 saturated heterocycles. The molecule has 0 aromatic carbocycles. The van der Waals surface area contributed by atoms with Gasteiger partial charge < -0.3 is 13.3 Å². The van der Waals surface area contributed by atoms with Gasteiger partial charge in [-0.15, -0.1) is 0 Å². The fraction of sp³-hybridized carbons (Fsp3) is 1.00. The first-order valence-corrected chi connectivity index (χ1v) is 7.95. The van der Waals surface area contributed by atoms with Crippen LogP contribution >= 0.6 is 0 Å². The molecule has 0 heterocycles. The van der Waals surface area contributed by atoms with Gasteiger partial charge in [0.2, 0.25) is 0 Å². The highest BCUT2D eigenvalue weighted by molar-refractivity contribution is 6.60. The van der Waals surface area contributed by atoms with Gasteiger partial charge in [0.05, 0.1) is 0 Å². The Labute approximate surface area is 95.5 Å². The average molecular weight is 234 g/mol. The second kappa shape index (κ2) is 8.27. The third-order valence-electron chi connectivity index (χ3n) is 1.92. The van der Waals surface area contributed by atoms with E-state index in [2.05, 4.69) is 20.8 Å². The fourth-order valence-corrected chi connectivity index (χ4v) is 4.14. The zero-order valence-electron chi connectivity index (χ0n) is 10.8. The van der Waals surface area contributed by atoms with Crippen molar-refractivity contribution in [3.05, 3.63) is 0 Å². The van der Waals surface area contributed by atoms with Gasteiger partial charge >= 0.3 is 8.80 Å². The third-order valence-corrected chi connectivity index (χ3v) is 5.10. The summed E-state index contributed by atoms with van der Waals surface area (Å²) in [5.41, 5.74) is 0. The molecule has 15 heavy (non-hydrogen) atoms. The van der Waals surface area contributed by atoms with Crippen molar-refractivity contribution in [2.24, 2.45) is 5.92 Å². The van der Waals surface area contributed by atoms with E-state index in [1.54, 1.807) is 0 Å². The quantitative estimate of drug-likeness (QED) is 0.574. The summed E-state index contributed by atoms with van der Waals surface area (Å²) in [6, 6.07) is 0.918.